The highest BCUT2D eigenvalue weighted by atomic mass is 35.5. The smallest absolute Gasteiger partial charge is 0.407 e. The molecule has 5 rings (SSSR count). The molecule has 4 atom stereocenters. The van der Waals surface area contributed by atoms with Crippen LogP contribution in [0.15, 0.2) is 102 Å². The van der Waals surface area contributed by atoms with Crippen LogP contribution in [0.5, 0.6) is 0 Å². The Morgan fingerprint density at radius 2 is 1.56 bits per heavy atom. The third-order valence-corrected chi connectivity index (χ3v) is 10.7. The fourth-order valence-corrected chi connectivity index (χ4v) is 7.50. The minimum Gasteiger partial charge on any atom is -0.444 e. The number of halogens is 1. The third kappa shape index (κ3) is 12.1. The second kappa shape index (κ2) is 20.0. The summed E-state index contributed by atoms with van der Waals surface area (Å²) in [7, 11) is 1.65. The average Bonchev–Trinajstić information content (AvgIpc) is 3.86. The van der Waals surface area contributed by atoms with Crippen LogP contribution < -0.4 is 16.0 Å². The van der Waals surface area contributed by atoms with Gasteiger partial charge in [0, 0.05) is 30.2 Å². The number of hydrogen-bond acceptors (Lipinski definition) is 9. The molecule has 0 saturated carbocycles. The topological polar surface area (TPSA) is 146 Å². The zero-order valence-electron chi connectivity index (χ0n) is 30.4. The Labute approximate surface area is 328 Å². The molecule has 0 unspecified atom stereocenters. The molecule has 284 valence electrons. The van der Waals surface area contributed by atoms with Gasteiger partial charge < -0.3 is 30.7 Å². The number of aliphatic hydroxyl groups excluding tert-OH is 1. The number of nitrogens with one attached hydrogen (secondary N) is 3. The van der Waals surface area contributed by atoms with Gasteiger partial charge in [0.1, 0.15) is 17.7 Å². The summed E-state index contributed by atoms with van der Waals surface area (Å²) in [4.78, 5) is 51.3. The minimum atomic E-state index is -1.07. The van der Waals surface area contributed by atoms with Gasteiger partial charge in [0.05, 0.1) is 39.8 Å². The third-order valence-electron chi connectivity index (χ3n) is 8.72. The average molecular weight is 789 g/mol. The first kappa shape index (κ1) is 40.4. The van der Waals surface area contributed by atoms with Gasteiger partial charge in [-0.1, -0.05) is 104 Å². The maximum absolute atomic E-state index is 14.0. The molecule has 0 fully saturated rings. The lowest BCUT2D eigenvalue weighted by Gasteiger charge is -2.30. The van der Waals surface area contributed by atoms with Gasteiger partial charge in [-0.05, 0) is 42.4 Å². The predicted molar refractivity (Wildman–Crippen MR) is 213 cm³/mol. The molecule has 4 N–H and O–H groups in total. The molecule has 4 amide bonds. The van der Waals surface area contributed by atoms with E-state index in [0.717, 1.165) is 26.6 Å². The van der Waals surface area contributed by atoms with E-state index < -0.39 is 36.4 Å². The van der Waals surface area contributed by atoms with E-state index in [0.29, 0.717) is 23.6 Å². The van der Waals surface area contributed by atoms with Crippen LogP contribution in [0.1, 0.15) is 42.0 Å². The maximum Gasteiger partial charge on any atom is 0.407 e. The van der Waals surface area contributed by atoms with E-state index in [1.54, 1.807) is 18.8 Å². The van der Waals surface area contributed by atoms with Crippen LogP contribution in [-0.2, 0) is 35.5 Å². The number of ether oxygens (including phenoxy) is 1. The number of rotatable bonds is 17. The van der Waals surface area contributed by atoms with Crippen molar-refractivity contribution in [2.24, 2.45) is 5.92 Å². The Hall–Kier alpha value is -4.82. The van der Waals surface area contributed by atoms with Crippen molar-refractivity contribution in [1.29, 1.82) is 0 Å². The van der Waals surface area contributed by atoms with Crippen LogP contribution in [-0.4, -0.2) is 69.3 Å². The molecule has 0 saturated heterocycles. The van der Waals surface area contributed by atoms with Gasteiger partial charge in [-0.2, -0.15) is 0 Å². The lowest BCUT2D eigenvalue weighted by molar-refractivity contribution is -0.124. The van der Waals surface area contributed by atoms with Crippen molar-refractivity contribution >= 4 is 52.3 Å². The summed E-state index contributed by atoms with van der Waals surface area (Å²) in [5.41, 5.74) is 5.05. The number of nitrogens with zero attached hydrogens (tertiary/aromatic N) is 3. The number of benzene rings is 3. The SMILES string of the molecule is CC(C)[C@H](NC(=O)N(C)Cc1csc(-c2ccccc2Cl)n1)C(=O)N[C@@H](Cc1ccccc1)C[C@H](O)[C@H](Cc1ccccc1)NC(=O)OCc1cncs1. The van der Waals surface area contributed by atoms with Gasteiger partial charge in [-0.15, -0.1) is 22.7 Å². The zero-order valence-corrected chi connectivity index (χ0v) is 32.7. The number of thiazole rings is 2. The van der Waals surface area contributed by atoms with Crippen LogP contribution >= 0.6 is 34.3 Å². The maximum atomic E-state index is 14.0. The molecule has 2 aromatic heterocycles. The Balaban J connectivity index is 1.26. The van der Waals surface area contributed by atoms with Gasteiger partial charge in [0.25, 0.3) is 0 Å². The van der Waals surface area contributed by atoms with Crippen molar-refractivity contribution in [2.75, 3.05) is 7.05 Å². The molecule has 2 heterocycles. The number of amides is 4. The van der Waals surface area contributed by atoms with Crippen LogP contribution in [0.4, 0.5) is 9.59 Å². The quantitative estimate of drug-likeness (QED) is 0.0787. The van der Waals surface area contributed by atoms with Gasteiger partial charge in [0.15, 0.2) is 0 Å². The first-order valence-corrected chi connectivity index (χ1v) is 19.8. The van der Waals surface area contributed by atoms with E-state index in [1.165, 1.54) is 27.6 Å². The zero-order chi connectivity index (χ0) is 38.5. The summed E-state index contributed by atoms with van der Waals surface area (Å²) in [5.74, 6) is -0.636. The van der Waals surface area contributed by atoms with Gasteiger partial charge in [0.2, 0.25) is 5.91 Å². The normalized spacial score (nSPS) is 13.4. The summed E-state index contributed by atoms with van der Waals surface area (Å²) in [6, 6.07) is 24.1. The molecule has 11 nitrogen and oxygen atoms in total. The Kier molecular flexibility index (Phi) is 15.0. The molecule has 54 heavy (non-hydrogen) atoms. The lowest BCUT2D eigenvalue weighted by Crippen LogP contribution is -2.55. The standard InChI is InChI=1S/C40H45ClN6O5S2/c1-26(2)36(46-39(50)47(3)22-30-24-53-38(44-30)32-16-10-11-17-33(32)41)37(49)43-29(18-27-12-6-4-7-13-27)20-35(48)34(19-28-14-8-5-9-15-28)45-40(51)52-23-31-21-42-25-54-31/h4-17,21,24-26,29,34-36,48H,18-20,22-23H2,1-3H3,(H,43,49)(H,45,51)(H,46,50)/t29-,34-,35-,36-/m0/s1. The van der Waals surface area contributed by atoms with E-state index in [2.05, 4.69) is 25.9 Å². The number of hydrogen-bond donors (Lipinski definition) is 4. The highest BCUT2D eigenvalue weighted by molar-refractivity contribution is 7.13. The second-order valence-electron chi connectivity index (χ2n) is 13.3. The monoisotopic (exact) mass is 788 g/mol. The molecule has 5 aromatic rings. The number of urea groups is 1. The Morgan fingerprint density at radius 3 is 2.20 bits per heavy atom. The van der Waals surface area contributed by atoms with Gasteiger partial charge >= 0.3 is 12.1 Å². The number of aromatic nitrogens is 2. The lowest BCUT2D eigenvalue weighted by atomic mass is 9.93. The summed E-state index contributed by atoms with van der Waals surface area (Å²) in [6.07, 6.45) is 0.755. The molecule has 0 bridgehead atoms. The van der Waals surface area contributed by atoms with Crippen molar-refractivity contribution in [2.45, 2.75) is 70.5 Å². The van der Waals surface area contributed by atoms with Gasteiger partial charge in [-0.25, -0.2) is 14.6 Å². The van der Waals surface area contributed by atoms with Crippen LogP contribution in [0.3, 0.4) is 0 Å². The van der Waals surface area contributed by atoms with E-state index in [4.69, 9.17) is 16.3 Å². The van der Waals surface area contributed by atoms with Crippen molar-refractivity contribution in [3.05, 3.63) is 129 Å². The first-order chi connectivity index (χ1) is 26.0. The fraction of sp³-hybridized carbons (Fsp3) is 0.325. The van der Waals surface area contributed by atoms with Crippen molar-refractivity contribution < 1.29 is 24.2 Å². The molecule has 0 aliphatic carbocycles. The molecule has 0 spiro atoms. The van der Waals surface area contributed by atoms with E-state index in [-0.39, 0.29) is 31.4 Å². The predicted octanol–water partition coefficient (Wildman–Crippen LogP) is 7.10. The summed E-state index contributed by atoms with van der Waals surface area (Å²) in [6.45, 7) is 4.01. The summed E-state index contributed by atoms with van der Waals surface area (Å²) < 4.78 is 5.43. The first-order valence-electron chi connectivity index (χ1n) is 17.6. The summed E-state index contributed by atoms with van der Waals surface area (Å²) in [5, 5.41) is 23.8. The van der Waals surface area contributed by atoms with Crippen LogP contribution in [0, 0.1) is 5.92 Å². The number of carbonyl (C=O) groups excluding carboxylic acids is 3. The number of alkyl carbamates (subject to hydrolysis) is 1. The van der Waals surface area contributed by atoms with E-state index in [1.807, 2.05) is 104 Å². The Morgan fingerprint density at radius 1 is 0.889 bits per heavy atom. The van der Waals surface area contributed by atoms with Crippen LogP contribution in [0.2, 0.25) is 5.02 Å². The molecular weight excluding hydrogens is 744 g/mol. The number of carbonyl (C=O) groups is 3. The molecule has 0 aliphatic heterocycles. The van der Waals surface area contributed by atoms with Crippen LogP contribution in [0.25, 0.3) is 10.6 Å². The Bertz CT molecular complexity index is 1930. The van der Waals surface area contributed by atoms with E-state index >= 15 is 0 Å². The van der Waals surface area contributed by atoms with Crippen molar-refractivity contribution in [3.63, 3.8) is 0 Å². The number of aliphatic hydroxyl groups is 1. The van der Waals surface area contributed by atoms with E-state index in [9.17, 15) is 19.5 Å². The van der Waals surface area contributed by atoms with Gasteiger partial charge in [-0.3, -0.25) is 9.78 Å². The summed E-state index contributed by atoms with van der Waals surface area (Å²) >= 11 is 9.18. The molecule has 0 radical (unpaired) electrons. The fourth-order valence-electron chi connectivity index (χ4n) is 5.86. The highest BCUT2D eigenvalue weighted by Crippen LogP contribution is 2.30. The molecule has 0 aliphatic rings. The molecule has 3 aromatic carbocycles. The largest absolute Gasteiger partial charge is 0.444 e. The minimum absolute atomic E-state index is 0.0578. The van der Waals surface area contributed by atoms with Crippen molar-refractivity contribution in [3.8, 4) is 10.6 Å². The molecule has 14 heteroatoms. The second-order valence-corrected chi connectivity index (χ2v) is 15.6. The highest BCUT2D eigenvalue weighted by Gasteiger charge is 2.31. The van der Waals surface area contributed by atoms with Crippen molar-refractivity contribution in [1.82, 2.24) is 30.8 Å². The molecular formula is C40H45ClN6O5S2.